The van der Waals surface area contributed by atoms with E-state index in [-0.39, 0.29) is 30.3 Å². The lowest BCUT2D eigenvalue weighted by Crippen LogP contribution is -2.56. The number of methoxy groups -OCH3 is 3. The molecule has 2 aliphatic heterocycles. The maximum absolute atomic E-state index is 13.8. The minimum atomic E-state index is -0.786. The number of urea groups is 1. The molecule has 0 radical (unpaired) electrons. The van der Waals surface area contributed by atoms with E-state index in [4.69, 9.17) is 14.2 Å². The molecule has 3 amide bonds. The van der Waals surface area contributed by atoms with E-state index in [1.165, 1.54) is 4.90 Å². The van der Waals surface area contributed by atoms with E-state index in [0.717, 1.165) is 17.5 Å². The van der Waals surface area contributed by atoms with Crippen LogP contribution < -0.4 is 14.2 Å². The fraction of sp³-hybridized carbons (Fsp3) is 0.517. The molecular weight excluding hydrogens is 506 g/mol. The Kier molecular flexibility index (Phi) is 9.90. The Morgan fingerprint density at radius 3 is 2.05 bits per heavy atom. The molecule has 8 nitrogen and oxygen atoms in total. The van der Waals surface area contributed by atoms with Gasteiger partial charge in [-0.15, -0.1) is 12.4 Å². The first-order chi connectivity index (χ1) is 17.8. The summed E-state index contributed by atoms with van der Waals surface area (Å²) < 4.78 is 16.7. The van der Waals surface area contributed by atoms with Crippen LogP contribution >= 0.6 is 12.4 Å². The van der Waals surface area contributed by atoms with Crippen molar-refractivity contribution in [3.05, 3.63) is 53.6 Å². The SMILES string of the molecule is COc1cc(OC)c(CN2CCC3(CC2)C(=O)N(CC(C)C)C(=O)N3CCc2ccccc2)c(OC)c1.Cl. The first-order valence-electron chi connectivity index (χ1n) is 13.0. The second-order valence-corrected chi connectivity index (χ2v) is 10.3. The van der Waals surface area contributed by atoms with Crippen LogP contribution in [-0.4, -0.2) is 79.7 Å². The Bertz CT molecular complexity index is 1080. The summed E-state index contributed by atoms with van der Waals surface area (Å²) in [6.45, 7) is 7.06. The maximum atomic E-state index is 13.8. The molecule has 2 aliphatic rings. The molecule has 2 heterocycles. The number of likely N-dealkylation sites (tertiary alicyclic amines) is 1. The van der Waals surface area contributed by atoms with Crippen LogP contribution in [0.3, 0.4) is 0 Å². The quantitative estimate of drug-likeness (QED) is 0.405. The first-order valence-corrected chi connectivity index (χ1v) is 13.0. The summed E-state index contributed by atoms with van der Waals surface area (Å²) in [7, 11) is 4.89. The second-order valence-electron chi connectivity index (χ2n) is 10.3. The number of hydrogen-bond donors (Lipinski definition) is 0. The van der Waals surface area contributed by atoms with Crippen molar-refractivity contribution in [3.8, 4) is 17.2 Å². The lowest BCUT2D eigenvalue weighted by Gasteiger charge is -2.42. The molecule has 0 aliphatic carbocycles. The third-order valence-electron chi connectivity index (χ3n) is 7.52. The molecule has 4 rings (SSSR count). The van der Waals surface area contributed by atoms with Crippen LogP contribution in [0.25, 0.3) is 0 Å². The van der Waals surface area contributed by atoms with Crippen LogP contribution in [0.5, 0.6) is 17.2 Å². The molecule has 0 saturated carbocycles. The Morgan fingerprint density at radius 1 is 0.921 bits per heavy atom. The lowest BCUT2D eigenvalue weighted by molar-refractivity contribution is -0.136. The minimum Gasteiger partial charge on any atom is -0.496 e. The smallest absolute Gasteiger partial charge is 0.327 e. The van der Waals surface area contributed by atoms with Gasteiger partial charge in [-0.25, -0.2) is 4.79 Å². The van der Waals surface area contributed by atoms with Crippen molar-refractivity contribution in [2.45, 2.75) is 45.2 Å². The van der Waals surface area contributed by atoms with Crippen molar-refractivity contribution < 1.29 is 23.8 Å². The molecule has 2 aromatic carbocycles. The summed E-state index contributed by atoms with van der Waals surface area (Å²) in [5.41, 5.74) is 1.32. The number of halogens is 1. The van der Waals surface area contributed by atoms with E-state index in [9.17, 15) is 9.59 Å². The number of piperidine rings is 1. The molecular formula is C29H40ClN3O5. The standard InChI is InChI=1S/C29H39N3O5.ClH/c1-21(2)19-31-27(33)29(32(28(31)34)14-11-22-9-7-6-8-10-22)12-15-30(16-13-29)20-24-25(36-4)17-23(35-3)18-26(24)37-5;/h6-10,17-18,21H,11-16,19-20H2,1-5H3;1H. The Balaban J connectivity index is 0.00000400. The number of carbonyl (C=O) groups is 2. The zero-order valence-electron chi connectivity index (χ0n) is 23.1. The highest BCUT2D eigenvalue weighted by atomic mass is 35.5. The lowest BCUT2D eigenvalue weighted by atomic mass is 9.85. The number of imide groups is 1. The number of rotatable bonds is 10. The molecule has 0 N–H and O–H groups in total. The molecule has 0 atom stereocenters. The van der Waals surface area contributed by atoms with Gasteiger partial charge in [0.25, 0.3) is 5.91 Å². The van der Waals surface area contributed by atoms with E-state index in [1.807, 2.05) is 49.1 Å². The molecule has 0 unspecified atom stereocenters. The van der Waals surface area contributed by atoms with Gasteiger partial charge in [0.15, 0.2) is 0 Å². The fourth-order valence-electron chi connectivity index (χ4n) is 5.53. The highest BCUT2D eigenvalue weighted by Gasteiger charge is 2.57. The monoisotopic (exact) mass is 545 g/mol. The third kappa shape index (κ3) is 5.86. The van der Waals surface area contributed by atoms with E-state index < -0.39 is 5.54 Å². The second kappa shape index (κ2) is 12.7. The number of carbonyl (C=O) groups excluding carboxylic acids is 2. The van der Waals surface area contributed by atoms with E-state index in [0.29, 0.717) is 62.8 Å². The molecule has 208 valence electrons. The molecule has 0 aromatic heterocycles. The summed E-state index contributed by atoms with van der Waals surface area (Å²) in [4.78, 5) is 32.9. The number of nitrogens with zero attached hydrogens (tertiary/aromatic N) is 3. The van der Waals surface area contributed by atoms with Crippen molar-refractivity contribution in [1.29, 1.82) is 0 Å². The van der Waals surface area contributed by atoms with Crippen LogP contribution in [0, 0.1) is 5.92 Å². The molecule has 1 spiro atoms. The van der Waals surface area contributed by atoms with Crippen LogP contribution in [-0.2, 0) is 17.8 Å². The van der Waals surface area contributed by atoms with Crippen molar-refractivity contribution >= 4 is 24.3 Å². The summed E-state index contributed by atoms with van der Waals surface area (Å²) in [6, 6.07) is 13.7. The zero-order valence-corrected chi connectivity index (χ0v) is 23.9. The topological polar surface area (TPSA) is 71.6 Å². The van der Waals surface area contributed by atoms with Gasteiger partial charge in [0.05, 0.1) is 26.9 Å². The Morgan fingerprint density at radius 2 is 1.53 bits per heavy atom. The van der Waals surface area contributed by atoms with Crippen molar-refractivity contribution in [3.63, 3.8) is 0 Å². The van der Waals surface area contributed by atoms with Gasteiger partial charge in [-0.2, -0.15) is 0 Å². The largest absolute Gasteiger partial charge is 0.496 e. The number of ether oxygens (including phenoxy) is 3. The van der Waals surface area contributed by atoms with Gasteiger partial charge >= 0.3 is 6.03 Å². The summed E-state index contributed by atoms with van der Waals surface area (Å²) in [5, 5.41) is 0. The van der Waals surface area contributed by atoms with Crippen LogP contribution in [0.4, 0.5) is 4.79 Å². The maximum Gasteiger partial charge on any atom is 0.327 e. The van der Waals surface area contributed by atoms with Crippen LogP contribution in [0.1, 0.15) is 37.8 Å². The minimum absolute atomic E-state index is 0. The molecule has 9 heteroatoms. The van der Waals surface area contributed by atoms with Gasteiger partial charge in [0, 0.05) is 44.9 Å². The van der Waals surface area contributed by atoms with Crippen LogP contribution in [0.15, 0.2) is 42.5 Å². The van der Waals surface area contributed by atoms with Gasteiger partial charge in [-0.1, -0.05) is 44.2 Å². The Hall–Kier alpha value is -2.97. The van der Waals surface area contributed by atoms with Crippen molar-refractivity contribution in [2.24, 2.45) is 5.92 Å². The first kappa shape index (κ1) is 29.6. The summed E-state index contributed by atoms with van der Waals surface area (Å²) in [5.74, 6) is 2.25. The summed E-state index contributed by atoms with van der Waals surface area (Å²) in [6.07, 6.45) is 1.92. The van der Waals surface area contributed by atoms with E-state index in [2.05, 4.69) is 17.0 Å². The van der Waals surface area contributed by atoms with E-state index in [1.54, 1.807) is 21.3 Å². The molecule has 38 heavy (non-hydrogen) atoms. The summed E-state index contributed by atoms with van der Waals surface area (Å²) >= 11 is 0. The van der Waals surface area contributed by atoms with Gasteiger partial charge < -0.3 is 19.1 Å². The molecule has 2 saturated heterocycles. The average molecular weight is 546 g/mol. The van der Waals surface area contributed by atoms with Gasteiger partial charge in [0.2, 0.25) is 0 Å². The number of amides is 3. The highest BCUT2D eigenvalue weighted by Crippen LogP contribution is 2.40. The van der Waals surface area contributed by atoms with Gasteiger partial charge in [-0.3, -0.25) is 14.6 Å². The highest BCUT2D eigenvalue weighted by molar-refractivity contribution is 6.07. The van der Waals surface area contributed by atoms with Gasteiger partial charge in [0.1, 0.15) is 22.8 Å². The van der Waals surface area contributed by atoms with Crippen molar-refractivity contribution in [2.75, 3.05) is 47.5 Å². The van der Waals surface area contributed by atoms with Crippen molar-refractivity contribution in [1.82, 2.24) is 14.7 Å². The van der Waals surface area contributed by atoms with E-state index >= 15 is 0 Å². The third-order valence-corrected chi connectivity index (χ3v) is 7.52. The van der Waals surface area contributed by atoms with Crippen LogP contribution in [0.2, 0.25) is 0 Å². The predicted molar refractivity (Wildman–Crippen MR) is 149 cm³/mol. The van der Waals surface area contributed by atoms with Gasteiger partial charge in [-0.05, 0) is 30.7 Å². The predicted octanol–water partition coefficient (Wildman–Crippen LogP) is 4.63. The zero-order chi connectivity index (χ0) is 26.6. The Labute approximate surface area is 232 Å². The molecule has 2 aromatic rings. The number of hydrogen-bond acceptors (Lipinski definition) is 6. The fourth-order valence-corrected chi connectivity index (χ4v) is 5.53. The molecule has 0 bridgehead atoms. The normalized spacial score (nSPS) is 17.2. The number of benzene rings is 2. The molecule has 2 fully saturated rings. The average Bonchev–Trinajstić information content (AvgIpc) is 3.09.